The fraction of sp³-hybridized carbons (Fsp3) is 0.500. The molecule has 2 heteroatoms. The van der Waals surface area contributed by atoms with E-state index in [2.05, 4.69) is 64.7 Å². The van der Waals surface area contributed by atoms with Crippen molar-refractivity contribution in [3.63, 3.8) is 0 Å². The van der Waals surface area contributed by atoms with Gasteiger partial charge in [0, 0.05) is 14.5 Å². The Bertz CT molecular complexity index is 783. The van der Waals surface area contributed by atoms with E-state index in [-0.39, 0.29) is 11.3 Å². The largest absolute Gasteiger partial charge is 0.256 e. The van der Waals surface area contributed by atoms with E-state index in [0.29, 0.717) is 0 Å². The average Bonchev–Trinajstić information content (AvgIpc) is 2.52. The summed E-state index contributed by atoms with van der Waals surface area (Å²) < 4.78 is 17.4. The summed E-state index contributed by atoms with van der Waals surface area (Å²) >= 11 is 0. The van der Waals surface area contributed by atoms with Crippen molar-refractivity contribution in [3.05, 3.63) is 47.7 Å². The van der Waals surface area contributed by atoms with Gasteiger partial charge in [0.25, 0.3) is 0 Å². The second kappa shape index (κ2) is 6.83. The third-order valence-corrected chi connectivity index (χ3v) is 6.19. The number of benzene rings is 1. The van der Waals surface area contributed by atoms with Crippen LogP contribution in [0.15, 0.2) is 36.5 Å². The highest BCUT2D eigenvalue weighted by atomic mass is 28.3. The van der Waals surface area contributed by atoms with E-state index in [1.807, 2.05) is 26.1 Å². The van der Waals surface area contributed by atoms with Crippen LogP contribution in [0.3, 0.4) is 0 Å². The van der Waals surface area contributed by atoms with Crippen molar-refractivity contribution in [1.82, 2.24) is 4.98 Å². The van der Waals surface area contributed by atoms with Gasteiger partial charge in [-0.1, -0.05) is 72.5 Å². The molecule has 0 saturated carbocycles. The minimum atomic E-state index is -1.70. The summed E-state index contributed by atoms with van der Waals surface area (Å²) in [4.78, 5) is 4.74. The molecule has 0 aliphatic rings. The van der Waals surface area contributed by atoms with Gasteiger partial charge in [-0.3, -0.25) is 4.98 Å². The zero-order chi connectivity index (χ0) is 19.9. The fourth-order valence-electron chi connectivity index (χ4n) is 2.79. The van der Waals surface area contributed by atoms with E-state index in [9.17, 15) is 0 Å². The lowest BCUT2D eigenvalue weighted by atomic mass is 9.86. The Kier molecular flexibility index (Phi) is 4.58. The molecular weight excluding hydrogens is 306 g/mol. The molecule has 0 saturated heterocycles. The number of hydrogen-bond acceptors (Lipinski definition) is 1. The van der Waals surface area contributed by atoms with Crippen LogP contribution in [0.4, 0.5) is 0 Å². The van der Waals surface area contributed by atoms with Crippen molar-refractivity contribution < 1.29 is 2.74 Å². The molecule has 0 radical (unpaired) electrons. The van der Waals surface area contributed by atoms with Crippen molar-refractivity contribution in [2.45, 2.75) is 66.0 Å². The van der Waals surface area contributed by atoms with Gasteiger partial charge in [-0.15, -0.1) is 0 Å². The molecule has 0 fully saturated rings. The first-order valence-electron chi connectivity index (χ1n) is 9.86. The Balaban J connectivity index is 2.67. The standard InChI is InChI=1S/C22H33NSi/c1-16(2)12-18-14-20(23-15-21(18)24(6,7)8)17-10-9-11-19(13-17)22(3,4)5/h9-11,13-16H,12H2,1-8H3/i12D2. The average molecular weight is 342 g/mol. The highest BCUT2D eigenvalue weighted by Crippen LogP contribution is 2.27. The summed E-state index contributed by atoms with van der Waals surface area (Å²) in [6, 6.07) is 10.5. The number of aromatic nitrogens is 1. The van der Waals surface area contributed by atoms with E-state index >= 15 is 0 Å². The van der Waals surface area contributed by atoms with Crippen molar-refractivity contribution >= 4 is 13.3 Å². The normalized spacial score (nSPS) is 14.5. The Morgan fingerprint density at radius 1 is 1.12 bits per heavy atom. The number of nitrogens with zero attached hydrogens (tertiary/aromatic N) is 1. The number of hydrogen-bond donors (Lipinski definition) is 0. The predicted molar refractivity (Wildman–Crippen MR) is 110 cm³/mol. The van der Waals surface area contributed by atoms with Crippen LogP contribution in [0.1, 0.15) is 48.5 Å². The third kappa shape index (κ3) is 4.57. The molecule has 1 nitrogen and oxygen atoms in total. The molecule has 1 aromatic heterocycles. The smallest absolute Gasteiger partial charge is 0.0799 e. The molecule has 0 aliphatic heterocycles. The Labute approximate surface area is 152 Å². The Hall–Kier alpha value is -1.41. The van der Waals surface area contributed by atoms with Crippen LogP contribution in [0.2, 0.25) is 19.6 Å². The number of rotatable bonds is 4. The van der Waals surface area contributed by atoms with Gasteiger partial charge in [0.15, 0.2) is 0 Å². The van der Waals surface area contributed by atoms with Gasteiger partial charge in [-0.05, 0) is 46.2 Å². The molecule has 2 aromatic rings. The lowest BCUT2D eigenvalue weighted by Gasteiger charge is -2.23. The molecule has 0 aliphatic carbocycles. The maximum atomic E-state index is 8.70. The maximum absolute atomic E-state index is 8.70. The quantitative estimate of drug-likeness (QED) is 0.641. The molecule has 130 valence electrons. The van der Waals surface area contributed by atoms with Crippen LogP contribution >= 0.6 is 0 Å². The Morgan fingerprint density at radius 3 is 2.33 bits per heavy atom. The topological polar surface area (TPSA) is 12.9 Å². The van der Waals surface area contributed by atoms with Gasteiger partial charge in [0.2, 0.25) is 0 Å². The van der Waals surface area contributed by atoms with Gasteiger partial charge in [0.1, 0.15) is 0 Å². The summed E-state index contributed by atoms with van der Waals surface area (Å²) in [5.41, 5.74) is 4.07. The van der Waals surface area contributed by atoms with E-state index in [1.54, 1.807) is 0 Å². The summed E-state index contributed by atoms with van der Waals surface area (Å²) in [7, 11) is -1.70. The zero-order valence-corrected chi connectivity index (χ0v) is 17.5. The molecule has 0 N–H and O–H groups in total. The first kappa shape index (κ1) is 16.1. The lowest BCUT2D eigenvalue weighted by molar-refractivity contribution is 0.590. The SMILES string of the molecule is [2H]C([2H])(c1cc(-c2cccc(C(C)(C)C)c2)ncc1[Si](C)(C)C)C(C)C. The second-order valence-electron chi connectivity index (χ2n) is 8.99. The monoisotopic (exact) mass is 341 g/mol. The molecule has 2 rings (SSSR count). The Morgan fingerprint density at radius 2 is 1.79 bits per heavy atom. The highest BCUT2D eigenvalue weighted by Gasteiger charge is 2.22. The fourth-order valence-corrected chi connectivity index (χ4v) is 4.19. The van der Waals surface area contributed by atoms with Crippen LogP contribution < -0.4 is 5.19 Å². The highest BCUT2D eigenvalue weighted by molar-refractivity contribution is 6.89. The molecule has 0 amide bonds. The van der Waals surface area contributed by atoms with Crippen LogP contribution in [-0.4, -0.2) is 13.1 Å². The van der Waals surface area contributed by atoms with Gasteiger partial charge >= 0.3 is 0 Å². The minimum absolute atomic E-state index is 0.0731. The summed E-state index contributed by atoms with van der Waals surface area (Å²) in [5, 5.41) is 1.12. The molecule has 0 unspecified atom stereocenters. The van der Waals surface area contributed by atoms with Gasteiger partial charge in [-0.25, -0.2) is 0 Å². The summed E-state index contributed by atoms with van der Waals surface area (Å²) in [6.45, 7) is 17.3. The van der Waals surface area contributed by atoms with Gasteiger partial charge < -0.3 is 0 Å². The summed E-state index contributed by atoms with van der Waals surface area (Å²) in [6.07, 6.45) is 0.565. The van der Waals surface area contributed by atoms with Crippen molar-refractivity contribution in [1.29, 1.82) is 0 Å². The molecule has 1 heterocycles. The van der Waals surface area contributed by atoms with Gasteiger partial charge in [0.05, 0.1) is 13.8 Å². The number of pyridine rings is 1. The lowest BCUT2D eigenvalue weighted by Crippen LogP contribution is -2.40. The van der Waals surface area contributed by atoms with Crippen LogP contribution in [0.25, 0.3) is 11.3 Å². The van der Waals surface area contributed by atoms with Crippen molar-refractivity contribution in [2.24, 2.45) is 5.92 Å². The molecule has 24 heavy (non-hydrogen) atoms. The summed E-state index contributed by atoms with van der Waals surface area (Å²) in [5.74, 6) is -0.0891. The van der Waals surface area contributed by atoms with Crippen LogP contribution in [0.5, 0.6) is 0 Å². The van der Waals surface area contributed by atoms with Crippen LogP contribution in [0, 0.1) is 5.92 Å². The first-order chi connectivity index (χ1) is 11.7. The minimum Gasteiger partial charge on any atom is -0.256 e. The van der Waals surface area contributed by atoms with E-state index < -0.39 is 14.4 Å². The molecule has 0 atom stereocenters. The van der Waals surface area contributed by atoms with Crippen molar-refractivity contribution in [2.75, 3.05) is 0 Å². The third-order valence-electron chi connectivity index (χ3n) is 4.18. The molecule has 0 bridgehead atoms. The van der Waals surface area contributed by atoms with Crippen LogP contribution in [-0.2, 0) is 11.8 Å². The van der Waals surface area contributed by atoms with E-state index in [0.717, 1.165) is 22.0 Å². The first-order valence-corrected chi connectivity index (χ1v) is 12.4. The van der Waals surface area contributed by atoms with E-state index in [4.69, 9.17) is 7.73 Å². The zero-order valence-electron chi connectivity index (χ0n) is 18.5. The molecular formula is C22H33NSi. The predicted octanol–water partition coefficient (Wildman–Crippen LogP) is 5.79. The molecule has 1 aromatic carbocycles. The van der Waals surface area contributed by atoms with Crippen molar-refractivity contribution in [3.8, 4) is 11.3 Å². The second-order valence-corrected chi connectivity index (χ2v) is 14.0. The molecule has 0 spiro atoms. The van der Waals surface area contributed by atoms with Gasteiger partial charge in [-0.2, -0.15) is 0 Å². The van der Waals surface area contributed by atoms with E-state index in [1.165, 1.54) is 5.56 Å². The maximum Gasteiger partial charge on any atom is 0.0799 e.